The molecule has 1 aromatic rings. The van der Waals surface area contributed by atoms with Gasteiger partial charge in [0.2, 0.25) is 0 Å². The summed E-state index contributed by atoms with van der Waals surface area (Å²) in [6.07, 6.45) is -0.0229. The third-order valence-electron chi connectivity index (χ3n) is 3.78. The zero-order chi connectivity index (χ0) is 16.2. The summed E-state index contributed by atoms with van der Waals surface area (Å²) in [7, 11) is 0. The highest BCUT2D eigenvalue weighted by Crippen LogP contribution is 2.35. The van der Waals surface area contributed by atoms with Gasteiger partial charge < -0.3 is 9.84 Å². The second-order valence-corrected chi connectivity index (χ2v) is 5.40. The molecule has 1 N–H and O–H groups in total. The number of halogens is 1. The molecule has 0 spiro atoms. The van der Waals surface area contributed by atoms with E-state index in [4.69, 9.17) is 4.74 Å². The van der Waals surface area contributed by atoms with E-state index in [9.17, 15) is 19.1 Å². The summed E-state index contributed by atoms with van der Waals surface area (Å²) in [6, 6.07) is 4.11. The zero-order valence-corrected chi connectivity index (χ0v) is 12.8. The fraction of sp³-hybridized carbons (Fsp3) is 0.500. The first-order valence-corrected chi connectivity index (χ1v) is 6.91. The van der Waals surface area contributed by atoms with Crippen LogP contribution in [0.3, 0.4) is 0 Å². The van der Waals surface area contributed by atoms with E-state index in [2.05, 4.69) is 0 Å². The number of carboxylic acids is 1. The number of rotatable bonds is 6. The topological polar surface area (TPSA) is 63.6 Å². The number of carboxylic acid groups (broad SMARTS) is 1. The SMILES string of the molecule is CCOC(=O)C(Cc1ccc(F)cc1C)(C(=O)O)C(C)C. The van der Waals surface area contributed by atoms with Crippen molar-refractivity contribution < 1.29 is 23.8 Å². The van der Waals surface area contributed by atoms with Gasteiger partial charge in [-0.15, -0.1) is 0 Å². The van der Waals surface area contributed by atoms with Gasteiger partial charge in [0.15, 0.2) is 5.41 Å². The molecule has 0 saturated heterocycles. The van der Waals surface area contributed by atoms with Crippen molar-refractivity contribution in [3.05, 3.63) is 35.1 Å². The number of esters is 1. The van der Waals surface area contributed by atoms with E-state index in [1.807, 2.05) is 0 Å². The van der Waals surface area contributed by atoms with Gasteiger partial charge in [-0.05, 0) is 49.4 Å². The maximum Gasteiger partial charge on any atom is 0.324 e. The van der Waals surface area contributed by atoms with Crippen LogP contribution in [0.25, 0.3) is 0 Å². The molecule has 1 unspecified atom stereocenters. The van der Waals surface area contributed by atoms with Crippen molar-refractivity contribution in [1.29, 1.82) is 0 Å². The number of hydrogen-bond donors (Lipinski definition) is 1. The third kappa shape index (κ3) is 3.40. The molecular formula is C16H21FO4. The summed E-state index contributed by atoms with van der Waals surface area (Å²) in [5.41, 5.74) is -0.426. The van der Waals surface area contributed by atoms with Gasteiger partial charge in [0.1, 0.15) is 5.82 Å². The Labute approximate surface area is 123 Å². The molecule has 0 aliphatic rings. The molecule has 5 heteroatoms. The smallest absolute Gasteiger partial charge is 0.324 e. The van der Waals surface area contributed by atoms with E-state index in [1.54, 1.807) is 27.7 Å². The Morgan fingerprint density at radius 1 is 1.38 bits per heavy atom. The molecule has 0 fully saturated rings. The van der Waals surface area contributed by atoms with E-state index >= 15 is 0 Å². The Balaban J connectivity index is 3.30. The molecule has 0 amide bonds. The number of aliphatic carboxylic acids is 1. The lowest BCUT2D eigenvalue weighted by Crippen LogP contribution is -2.47. The van der Waals surface area contributed by atoms with Crippen molar-refractivity contribution in [1.82, 2.24) is 0 Å². The molecule has 1 rings (SSSR count). The van der Waals surface area contributed by atoms with Crippen molar-refractivity contribution in [3.63, 3.8) is 0 Å². The molecule has 0 saturated carbocycles. The Bertz CT molecular complexity index is 539. The van der Waals surface area contributed by atoms with Gasteiger partial charge >= 0.3 is 11.9 Å². The van der Waals surface area contributed by atoms with E-state index in [-0.39, 0.29) is 13.0 Å². The first kappa shape index (κ1) is 17.1. The van der Waals surface area contributed by atoms with Crippen molar-refractivity contribution >= 4 is 11.9 Å². The van der Waals surface area contributed by atoms with Crippen LogP contribution < -0.4 is 0 Å². The van der Waals surface area contributed by atoms with Gasteiger partial charge in [0.25, 0.3) is 0 Å². The average molecular weight is 296 g/mol. The maximum absolute atomic E-state index is 13.2. The minimum atomic E-state index is -1.67. The van der Waals surface area contributed by atoms with Crippen molar-refractivity contribution in [2.24, 2.45) is 11.3 Å². The fourth-order valence-corrected chi connectivity index (χ4v) is 2.34. The van der Waals surface area contributed by atoms with Crippen molar-refractivity contribution in [2.45, 2.75) is 34.1 Å². The van der Waals surface area contributed by atoms with Crippen LogP contribution in [-0.4, -0.2) is 23.7 Å². The van der Waals surface area contributed by atoms with Crippen LogP contribution in [-0.2, 0) is 20.7 Å². The average Bonchev–Trinajstić information content (AvgIpc) is 2.37. The van der Waals surface area contributed by atoms with Crippen molar-refractivity contribution in [3.8, 4) is 0 Å². The maximum atomic E-state index is 13.2. The van der Waals surface area contributed by atoms with Crippen molar-refractivity contribution in [2.75, 3.05) is 6.61 Å². The molecule has 0 aliphatic carbocycles. The molecule has 0 aliphatic heterocycles. The Morgan fingerprint density at radius 3 is 2.43 bits per heavy atom. The molecule has 0 heterocycles. The van der Waals surface area contributed by atoms with Crippen LogP contribution in [0.1, 0.15) is 31.9 Å². The highest BCUT2D eigenvalue weighted by molar-refractivity contribution is 5.99. The summed E-state index contributed by atoms with van der Waals surface area (Å²) in [5, 5.41) is 9.62. The minimum absolute atomic E-state index is 0.0229. The van der Waals surface area contributed by atoms with Crippen LogP contribution >= 0.6 is 0 Å². The molecule has 116 valence electrons. The predicted molar refractivity (Wildman–Crippen MR) is 76.4 cm³/mol. The molecule has 1 atom stereocenters. The van der Waals surface area contributed by atoms with Crippen LogP contribution in [0.2, 0.25) is 0 Å². The molecule has 21 heavy (non-hydrogen) atoms. The lowest BCUT2D eigenvalue weighted by Gasteiger charge is -2.31. The second-order valence-electron chi connectivity index (χ2n) is 5.40. The van der Waals surface area contributed by atoms with E-state index in [0.29, 0.717) is 11.1 Å². The number of benzene rings is 1. The van der Waals surface area contributed by atoms with Gasteiger partial charge in [-0.1, -0.05) is 19.9 Å². The summed E-state index contributed by atoms with van der Waals surface area (Å²) in [4.78, 5) is 24.0. The van der Waals surface area contributed by atoms with Gasteiger partial charge in [-0.25, -0.2) is 4.39 Å². The van der Waals surface area contributed by atoms with Crippen LogP contribution in [0.5, 0.6) is 0 Å². The van der Waals surface area contributed by atoms with E-state index in [1.165, 1.54) is 18.2 Å². The highest BCUT2D eigenvalue weighted by Gasteiger charge is 2.50. The summed E-state index contributed by atoms with van der Waals surface area (Å²) < 4.78 is 18.1. The lowest BCUT2D eigenvalue weighted by atomic mass is 9.72. The number of aryl methyl sites for hydroxylation is 1. The Kier molecular flexibility index (Phi) is 5.47. The fourth-order valence-electron chi connectivity index (χ4n) is 2.34. The quantitative estimate of drug-likeness (QED) is 0.647. The minimum Gasteiger partial charge on any atom is -0.480 e. The Hall–Kier alpha value is -1.91. The van der Waals surface area contributed by atoms with Crippen LogP contribution in [0.15, 0.2) is 18.2 Å². The van der Waals surface area contributed by atoms with Gasteiger partial charge in [-0.3, -0.25) is 9.59 Å². The molecular weight excluding hydrogens is 275 g/mol. The summed E-state index contributed by atoms with van der Waals surface area (Å²) in [5.74, 6) is -2.83. The molecule has 1 aromatic carbocycles. The molecule has 0 aromatic heterocycles. The van der Waals surface area contributed by atoms with Crippen LogP contribution in [0.4, 0.5) is 4.39 Å². The Morgan fingerprint density at radius 2 is 2.00 bits per heavy atom. The first-order chi connectivity index (χ1) is 9.75. The van der Waals surface area contributed by atoms with Crippen LogP contribution in [0, 0.1) is 24.1 Å². The number of carbonyl (C=O) groups is 2. The monoisotopic (exact) mass is 296 g/mol. The molecule has 4 nitrogen and oxygen atoms in total. The standard InChI is InChI=1S/C16H21FO4/c1-5-21-15(20)16(10(2)3,14(18)19)9-12-6-7-13(17)8-11(12)4/h6-8,10H,5,9H2,1-4H3,(H,18,19). The normalized spacial score (nSPS) is 13.8. The lowest BCUT2D eigenvalue weighted by molar-refractivity contribution is -0.172. The molecule has 0 bridgehead atoms. The largest absolute Gasteiger partial charge is 0.480 e. The van der Waals surface area contributed by atoms with E-state index < -0.39 is 29.1 Å². The number of carbonyl (C=O) groups excluding carboxylic acids is 1. The predicted octanol–water partition coefficient (Wildman–Crippen LogP) is 2.97. The van der Waals surface area contributed by atoms with Gasteiger partial charge in [-0.2, -0.15) is 0 Å². The van der Waals surface area contributed by atoms with Gasteiger partial charge in [0, 0.05) is 0 Å². The molecule has 0 radical (unpaired) electrons. The summed E-state index contributed by atoms with van der Waals surface area (Å²) >= 11 is 0. The van der Waals surface area contributed by atoms with Gasteiger partial charge in [0.05, 0.1) is 6.61 Å². The number of ether oxygens (including phenoxy) is 1. The van der Waals surface area contributed by atoms with E-state index in [0.717, 1.165) is 0 Å². The number of hydrogen-bond acceptors (Lipinski definition) is 3. The third-order valence-corrected chi connectivity index (χ3v) is 3.78. The first-order valence-electron chi connectivity index (χ1n) is 6.91. The summed E-state index contributed by atoms with van der Waals surface area (Å²) in [6.45, 7) is 6.78. The highest BCUT2D eigenvalue weighted by atomic mass is 19.1. The second kappa shape index (κ2) is 6.70. The zero-order valence-electron chi connectivity index (χ0n) is 12.8.